The summed E-state index contributed by atoms with van der Waals surface area (Å²) in [5, 5.41) is 2.52. The maximum atomic E-state index is 11.0. The van der Waals surface area contributed by atoms with Gasteiger partial charge in [0.15, 0.2) is 5.82 Å². The first kappa shape index (κ1) is 11.2. The van der Waals surface area contributed by atoms with Crippen LogP contribution < -0.4 is 10.4 Å². The average Bonchev–Trinajstić information content (AvgIpc) is 2.87. The first-order valence-corrected chi connectivity index (χ1v) is 5.65. The van der Waals surface area contributed by atoms with Crippen molar-refractivity contribution in [2.75, 3.05) is 0 Å². The maximum absolute atomic E-state index is 11.0. The van der Waals surface area contributed by atoms with E-state index in [1.807, 2.05) is 30.3 Å². The fraction of sp³-hybridized carbons (Fsp3) is 0. The molecule has 1 aromatic carbocycles. The highest BCUT2D eigenvalue weighted by Gasteiger charge is 2.03. The molecule has 3 aromatic rings. The van der Waals surface area contributed by atoms with Crippen LogP contribution in [0, 0.1) is 0 Å². The molecular weight excluding hydrogens is 244 g/mol. The molecule has 1 N–H and O–H groups in total. The molecule has 94 valence electrons. The zero-order chi connectivity index (χ0) is 13.1. The third-order valence-corrected chi connectivity index (χ3v) is 2.43. The van der Waals surface area contributed by atoms with Gasteiger partial charge in [-0.05, 0) is 18.2 Å². The van der Waals surface area contributed by atoms with E-state index in [1.165, 1.54) is 11.0 Å². The molecule has 2 aromatic heterocycles. The minimum absolute atomic E-state index is 0.420. The van der Waals surface area contributed by atoms with Gasteiger partial charge in [-0.2, -0.15) is 9.97 Å². The number of hydrogen-bond acceptors (Lipinski definition) is 4. The highest BCUT2D eigenvalue weighted by Crippen LogP contribution is 2.19. The Balaban J connectivity index is 1.90. The molecule has 0 unspecified atom stereocenters. The van der Waals surface area contributed by atoms with Crippen molar-refractivity contribution in [3.63, 3.8) is 0 Å². The molecule has 0 aliphatic carbocycles. The third kappa shape index (κ3) is 2.52. The number of para-hydroxylation sites is 1. The summed E-state index contributed by atoms with van der Waals surface area (Å²) in [6.07, 6.45) is 1.37. The van der Waals surface area contributed by atoms with Crippen LogP contribution in [0.4, 0.5) is 0 Å². The van der Waals surface area contributed by atoms with Crippen molar-refractivity contribution >= 4 is 0 Å². The normalized spacial score (nSPS) is 10.3. The van der Waals surface area contributed by atoms with Gasteiger partial charge in [0.1, 0.15) is 12.1 Å². The van der Waals surface area contributed by atoms with Crippen LogP contribution in [0.25, 0.3) is 5.82 Å². The smallest absolute Gasteiger partial charge is 0.361 e. The number of hydrogen-bond donors (Lipinski definition) is 1. The predicted octanol–water partition coefficient (Wildman–Crippen LogP) is 1.75. The topological polar surface area (TPSA) is 72.8 Å². The summed E-state index contributed by atoms with van der Waals surface area (Å²) in [6.45, 7) is 0. The number of nitrogens with one attached hydrogen (secondary N) is 1. The molecule has 0 bridgehead atoms. The molecule has 3 rings (SSSR count). The van der Waals surface area contributed by atoms with Gasteiger partial charge in [-0.1, -0.05) is 24.3 Å². The molecule has 0 amide bonds. The number of aromatic nitrogens is 4. The molecule has 0 spiro atoms. The number of H-pyrrole nitrogens is 1. The van der Waals surface area contributed by atoms with E-state index in [0.29, 0.717) is 17.4 Å². The summed E-state index contributed by atoms with van der Waals surface area (Å²) in [5.74, 6) is 1.67. The molecule has 0 aliphatic heterocycles. The van der Waals surface area contributed by atoms with Gasteiger partial charge in [0.25, 0.3) is 0 Å². The monoisotopic (exact) mass is 254 g/mol. The Kier molecular flexibility index (Phi) is 2.82. The van der Waals surface area contributed by atoms with Crippen LogP contribution >= 0.6 is 0 Å². The first-order chi connectivity index (χ1) is 9.31. The van der Waals surface area contributed by atoms with E-state index in [1.54, 1.807) is 18.2 Å². The largest absolute Gasteiger partial charge is 0.439 e. The molecule has 0 aliphatic rings. The van der Waals surface area contributed by atoms with E-state index >= 15 is 0 Å². The van der Waals surface area contributed by atoms with E-state index in [4.69, 9.17) is 4.74 Å². The SMILES string of the molecule is O=c1ncn(-c2cccc(Oc3ccccc3)n2)[nH]1. The lowest BCUT2D eigenvalue weighted by Crippen LogP contribution is -2.06. The molecule has 0 radical (unpaired) electrons. The third-order valence-electron chi connectivity index (χ3n) is 2.43. The van der Waals surface area contributed by atoms with E-state index in [2.05, 4.69) is 15.1 Å². The molecule has 0 fully saturated rings. The summed E-state index contributed by atoms with van der Waals surface area (Å²) in [7, 11) is 0. The summed E-state index contributed by atoms with van der Waals surface area (Å²) in [4.78, 5) is 18.9. The van der Waals surface area contributed by atoms with Gasteiger partial charge in [-0.15, -0.1) is 0 Å². The second-order valence-electron chi connectivity index (χ2n) is 3.78. The quantitative estimate of drug-likeness (QED) is 0.772. The standard InChI is InChI=1S/C13H10N4O2/c18-13-14-9-17(16-13)11-7-4-8-12(15-11)19-10-5-2-1-3-6-10/h1-9H,(H,16,18). The van der Waals surface area contributed by atoms with Crippen molar-refractivity contribution in [1.29, 1.82) is 0 Å². The predicted molar refractivity (Wildman–Crippen MR) is 68.5 cm³/mol. The van der Waals surface area contributed by atoms with E-state index in [0.717, 1.165) is 0 Å². The summed E-state index contributed by atoms with van der Waals surface area (Å²) in [6, 6.07) is 14.6. The van der Waals surface area contributed by atoms with Gasteiger partial charge in [0.2, 0.25) is 5.88 Å². The Hall–Kier alpha value is -2.89. The molecule has 6 heteroatoms. The Morgan fingerprint density at radius 3 is 2.63 bits per heavy atom. The number of pyridine rings is 1. The average molecular weight is 254 g/mol. The van der Waals surface area contributed by atoms with E-state index in [9.17, 15) is 4.79 Å². The summed E-state index contributed by atoms with van der Waals surface area (Å²) >= 11 is 0. The van der Waals surface area contributed by atoms with E-state index < -0.39 is 5.69 Å². The minimum Gasteiger partial charge on any atom is -0.439 e. The van der Waals surface area contributed by atoms with Crippen LogP contribution in [0.2, 0.25) is 0 Å². The molecule has 0 atom stereocenters. The second-order valence-corrected chi connectivity index (χ2v) is 3.78. The van der Waals surface area contributed by atoms with Gasteiger partial charge in [-0.3, -0.25) is 0 Å². The maximum Gasteiger partial charge on any atom is 0.361 e. The lowest BCUT2D eigenvalue weighted by atomic mass is 10.3. The highest BCUT2D eigenvalue weighted by atomic mass is 16.5. The molecule has 0 saturated carbocycles. The van der Waals surface area contributed by atoms with Crippen LogP contribution in [-0.2, 0) is 0 Å². The number of nitrogens with zero attached hydrogens (tertiary/aromatic N) is 3. The summed E-state index contributed by atoms with van der Waals surface area (Å²) in [5.41, 5.74) is -0.420. The molecule has 19 heavy (non-hydrogen) atoms. The van der Waals surface area contributed by atoms with Gasteiger partial charge in [-0.25, -0.2) is 14.6 Å². The Morgan fingerprint density at radius 1 is 1.05 bits per heavy atom. The minimum atomic E-state index is -0.420. The Morgan fingerprint density at radius 2 is 1.89 bits per heavy atom. The number of rotatable bonds is 3. The van der Waals surface area contributed by atoms with Crippen molar-refractivity contribution in [1.82, 2.24) is 19.7 Å². The van der Waals surface area contributed by atoms with Crippen molar-refractivity contribution in [2.45, 2.75) is 0 Å². The van der Waals surface area contributed by atoms with Crippen LogP contribution in [0.15, 0.2) is 59.7 Å². The van der Waals surface area contributed by atoms with Gasteiger partial charge in [0, 0.05) is 6.07 Å². The van der Waals surface area contributed by atoms with Crippen LogP contribution in [0.1, 0.15) is 0 Å². The van der Waals surface area contributed by atoms with Crippen molar-refractivity contribution in [2.24, 2.45) is 0 Å². The van der Waals surface area contributed by atoms with Crippen LogP contribution in [0.5, 0.6) is 11.6 Å². The van der Waals surface area contributed by atoms with Crippen molar-refractivity contribution in [3.8, 4) is 17.4 Å². The van der Waals surface area contributed by atoms with Gasteiger partial charge < -0.3 is 4.74 Å². The van der Waals surface area contributed by atoms with Crippen molar-refractivity contribution in [3.05, 3.63) is 65.3 Å². The first-order valence-electron chi connectivity index (χ1n) is 5.65. The van der Waals surface area contributed by atoms with Gasteiger partial charge >= 0.3 is 5.69 Å². The second kappa shape index (κ2) is 4.77. The Bertz CT molecular complexity index is 733. The number of ether oxygens (including phenoxy) is 1. The van der Waals surface area contributed by atoms with E-state index in [-0.39, 0.29) is 0 Å². The zero-order valence-electron chi connectivity index (χ0n) is 9.85. The lowest BCUT2D eigenvalue weighted by molar-refractivity contribution is 0.461. The molecular formula is C13H10N4O2. The molecule has 2 heterocycles. The zero-order valence-corrected chi connectivity index (χ0v) is 9.85. The summed E-state index contributed by atoms with van der Waals surface area (Å²) < 4.78 is 7.04. The Labute approximate surface area is 108 Å². The molecule has 6 nitrogen and oxygen atoms in total. The number of aromatic amines is 1. The fourth-order valence-electron chi connectivity index (χ4n) is 1.59. The highest BCUT2D eigenvalue weighted by molar-refractivity contribution is 5.30. The fourth-order valence-corrected chi connectivity index (χ4v) is 1.59. The van der Waals surface area contributed by atoms with Crippen LogP contribution in [0.3, 0.4) is 0 Å². The van der Waals surface area contributed by atoms with Gasteiger partial charge in [0.05, 0.1) is 0 Å². The number of benzene rings is 1. The van der Waals surface area contributed by atoms with Crippen LogP contribution in [-0.4, -0.2) is 19.7 Å². The van der Waals surface area contributed by atoms with Crippen molar-refractivity contribution < 1.29 is 4.74 Å². The molecule has 0 saturated heterocycles. The lowest BCUT2D eigenvalue weighted by Gasteiger charge is -2.06.